The fourth-order valence-corrected chi connectivity index (χ4v) is 9.78. The molecule has 1 aliphatic rings. The lowest BCUT2D eigenvalue weighted by Gasteiger charge is -2.38. The molecule has 3 aromatic carbocycles. The molecule has 0 saturated carbocycles. The highest BCUT2D eigenvalue weighted by atomic mass is 28.3. The SMILES string of the molecule is C=C(/C=C\C)CCC1c2ccccc2-c2cc(C(C)C(C)(CC)CC)c([Si](C)(C)C)c[n+]2C1CC(=C)N(C)c1ccccc1Nc1ccccc1. The number of nitrogens with one attached hydrogen (secondary N) is 1. The Kier molecular flexibility index (Phi) is 12.0. The van der Waals surface area contributed by atoms with E-state index in [1.807, 2.05) is 0 Å². The van der Waals surface area contributed by atoms with Gasteiger partial charge in [0.2, 0.25) is 5.69 Å². The Labute approximate surface area is 310 Å². The van der Waals surface area contributed by atoms with Crippen LogP contribution in [0.15, 0.2) is 128 Å². The molecule has 0 fully saturated rings. The number of anilines is 3. The van der Waals surface area contributed by atoms with Gasteiger partial charge in [0.25, 0.3) is 0 Å². The van der Waals surface area contributed by atoms with Crippen molar-refractivity contribution in [3.63, 3.8) is 0 Å². The lowest BCUT2D eigenvalue weighted by molar-refractivity contribution is -0.717. The van der Waals surface area contributed by atoms with Crippen molar-refractivity contribution in [2.75, 3.05) is 17.3 Å². The van der Waals surface area contributed by atoms with E-state index in [0.717, 1.165) is 42.0 Å². The van der Waals surface area contributed by atoms with Crippen molar-refractivity contribution in [2.45, 2.75) is 104 Å². The minimum absolute atomic E-state index is 0.209. The number of rotatable bonds is 15. The van der Waals surface area contributed by atoms with Gasteiger partial charge in [-0.1, -0.05) is 140 Å². The quantitative estimate of drug-likeness (QED) is 0.0758. The van der Waals surface area contributed by atoms with E-state index in [1.165, 1.54) is 35.2 Å². The van der Waals surface area contributed by atoms with Crippen LogP contribution in [0.5, 0.6) is 0 Å². The molecule has 0 bridgehead atoms. The summed E-state index contributed by atoms with van der Waals surface area (Å²) in [7, 11) is 0.436. The molecule has 51 heavy (non-hydrogen) atoms. The van der Waals surface area contributed by atoms with Gasteiger partial charge >= 0.3 is 0 Å². The second-order valence-corrected chi connectivity index (χ2v) is 21.1. The van der Waals surface area contributed by atoms with Crippen molar-refractivity contribution < 1.29 is 4.57 Å². The number of hydrogen-bond donors (Lipinski definition) is 1. The molecule has 4 heteroatoms. The largest absolute Gasteiger partial charge is 0.354 e. The first-order chi connectivity index (χ1) is 24.3. The highest BCUT2D eigenvalue weighted by Gasteiger charge is 2.43. The van der Waals surface area contributed by atoms with E-state index in [9.17, 15) is 0 Å². The third-order valence-electron chi connectivity index (χ3n) is 12.0. The lowest BCUT2D eigenvalue weighted by atomic mass is 9.70. The standard InChI is InChI=1S/C47H62N3Si/c1-12-22-34(4)29-30-40-38-25-18-19-26-39(38)45-32-41(36(6)47(7,13-2)14-3)46(51(9,10)11)33-50(45)44(40)31-35(5)49(8)43-28-21-20-27-42(43)48-37-23-16-15-17-24-37/h12,15-28,32-33,36,40,44,48H,4-5,13-14,29-31H2,1-3,6-11H3/q+1/b22-12-. The second kappa shape index (κ2) is 16.0. The van der Waals surface area contributed by atoms with Crippen LogP contribution in [0.2, 0.25) is 19.6 Å². The summed E-state index contributed by atoms with van der Waals surface area (Å²) in [6.45, 7) is 28.6. The topological polar surface area (TPSA) is 19.1 Å². The van der Waals surface area contributed by atoms with Gasteiger partial charge < -0.3 is 10.2 Å². The van der Waals surface area contributed by atoms with Crippen molar-refractivity contribution >= 4 is 30.3 Å². The maximum Gasteiger partial charge on any atom is 0.213 e. The molecule has 1 aromatic heterocycles. The molecule has 0 spiro atoms. The zero-order valence-electron chi connectivity index (χ0n) is 32.9. The number of para-hydroxylation sites is 3. The van der Waals surface area contributed by atoms with Crippen LogP contribution in [-0.4, -0.2) is 15.1 Å². The zero-order valence-corrected chi connectivity index (χ0v) is 33.9. The molecule has 1 aliphatic heterocycles. The van der Waals surface area contributed by atoms with Crippen LogP contribution in [-0.2, 0) is 0 Å². The van der Waals surface area contributed by atoms with Crippen LogP contribution < -0.4 is 20.0 Å². The van der Waals surface area contributed by atoms with Gasteiger partial charge in [0.1, 0.15) is 0 Å². The summed E-state index contributed by atoms with van der Waals surface area (Å²) in [5, 5.41) is 5.24. The molecule has 5 rings (SSSR count). The Morgan fingerprint density at radius 1 is 0.961 bits per heavy atom. The average molecular weight is 697 g/mol. The van der Waals surface area contributed by atoms with Crippen molar-refractivity contribution in [1.82, 2.24) is 0 Å². The lowest BCUT2D eigenvalue weighted by Crippen LogP contribution is -2.54. The number of pyridine rings is 1. The van der Waals surface area contributed by atoms with E-state index < -0.39 is 8.07 Å². The number of fused-ring (bicyclic) bond motifs is 3. The molecule has 2 heterocycles. The summed E-state index contributed by atoms with van der Waals surface area (Å²) in [6, 6.07) is 31.0. The van der Waals surface area contributed by atoms with Crippen LogP contribution in [0.3, 0.4) is 0 Å². The van der Waals surface area contributed by atoms with E-state index in [0.29, 0.717) is 11.8 Å². The minimum Gasteiger partial charge on any atom is -0.354 e. The van der Waals surface area contributed by atoms with Gasteiger partial charge in [0.05, 0.1) is 25.9 Å². The molecular weight excluding hydrogens is 635 g/mol. The van der Waals surface area contributed by atoms with E-state index >= 15 is 0 Å². The van der Waals surface area contributed by atoms with Gasteiger partial charge in [-0.05, 0) is 72.6 Å². The molecule has 4 aromatic rings. The first-order valence-electron chi connectivity index (χ1n) is 19.1. The van der Waals surface area contributed by atoms with Gasteiger partial charge in [-0.2, -0.15) is 4.57 Å². The molecule has 0 saturated heterocycles. The van der Waals surface area contributed by atoms with Gasteiger partial charge in [0.15, 0.2) is 12.2 Å². The zero-order chi connectivity index (χ0) is 36.9. The van der Waals surface area contributed by atoms with Crippen LogP contribution in [0, 0.1) is 5.41 Å². The van der Waals surface area contributed by atoms with E-state index in [4.69, 9.17) is 6.58 Å². The van der Waals surface area contributed by atoms with Crippen molar-refractivity contribution in [3.05, 3.63) is 139 Å². The Morgan fingerprint density at radius 3 is 2.27 bits per heavy atom. The Bertz CT molecular complexity index is 1860. The number of nitrogens with zero attached hydrogens (tertiary/aromatic N) is 2. The van der Waals surface area contributed by atoms with Gasteiger partial charge in [-0.3, -0.25) is 0 Å². The maximum atomic E-state index is 4.80. The van der Waals surface area contributed by atoms with E-state index in [-0.39, 0.29) is 11.5 Å². The maximum absolute atomic E-state index is 4.80. The summed E-state index contributed by atoms with van der Waals surface area (Å²) < 4.78 is 2.68. The molecule has 3 atom stereocenters. The first kappa shape index (κ1) is 38.1. The molecule has 0 amide bonds. The highest BCUT2D eigenvalue weighted by Crippen LogP contribution is 2.46. The highest BCUT2D eigenvalue weighted by molar-refractivity contribution is 6.89. The predicted molar refractivity (Wildman–Crippen MR) is 225 cm³/mol. The normalized spacial score (nSPS) is 16.3. The summed E-state index contributed by atoms with van der Waals surface area (Å²) >= 11 is 0. The number of benzene rings is 3. The number of aromatic nitrogens is 1. The summed E-state index contributed by atoms with van der Waals surface area (Å²) in [4.78, 5) is 2.30. The van der Waals surface area contributed by atoms with Gasteiger partial charge in [0, 0.05) is 41.2 Å². The van der Waals surface area contributed by atoms with Crippen LogP contribution in [0.25, 0.3) is 11.3 Å². The van der Waals surface area contributed by atoms with Gasteiger partial charge in [-0.15, -0.1) is 0 Å². The molecule has 268 valence electrons. The van der Waals surface area contributed by atoms with Crippen LogP contribution in [0.4, 0.5) is 17.1 Å². The van der Waals surface area contributed by atoms with Crippen molar-refractivity contribution in [2.24, 2.45) is 5.41 Å². The third kappa shape index (κ3) is 8.17. The number of hydrogen-bond acceptors (Lipinski definition) is 2. The monoisotopic (exact) mass is 696 g/mol. The summed E-state index contributed by atoms with van der Waals surface area (Å²) in [5.74, 6) is 0.778. The minimum atomic E-state index is -1.74. The smallest absolute Gasteiger partial charge is 0.213 e. The van der Waals surface area contributed by atoms with E-state index in [1.54, 1.807) is 10.8 Å². The Hall–Kier alpha value is -4.15. The Morgan fingerprint density at radius 2 is 1.61 bits per heavy atom. The molecule has 1 N–H and O–H groups in total. The van der Waals surface area contributed by atoms with Crippen molar-refractivity contribution in [3.8, 4) is 11.3 Å². The van der Waals surface area contributed by atoms with Crippen LogP contribution >= 0.6 is 0 Å². The van der Waals surface area contributed by atoms with Crippen LogP contribution in [0.1, 0.15) is 95.7 Å². The fourth-order valence-electron chi connectivity index (χ4n) is 8.10. The number of allylic oxidation sites excluding steroid dienone is 4. The molecular formula is C47H62N3Si+. The van der Waals surface area contributed by atoms with Crippen molar-refractivity contribution in [1.29, 1.82) is 0 Å². The van der Waals surface area contributed by atoms with E-state index in [2.05, 4.69) is 186 Å². The molecule has 3 unspecified atom stereocenters. The second-order valence-electron chi connectivity index (χ2n) is 16.1. The summed E-state index contributed by atoms with van der Waals surface area (Å²) in [6.07, 6.45) is 12.1. The average Bonchev–Trinajstić information content (AvgIpc) is 3.13. The first-order valence-corrected chi connectivity index (χ1v) is 22.6. The molecule has 3 nitrogen and oxygen atoms in total. The predicted octanol–water partition coefficient (Wildman–Crippen LogP) is 12.5. The molecule has 0 aliphatic carbocycles. The molecule has 0 radical (unpaired) electrons. The fraction of sp³-hybridized carbons (Fsp3) is 0.383. The van der Waals surface area contributed by atoms with Gasteiger partial charge in [-0.25, -0.2) is 0 Å². The third-order valence-corrected chi connectivity index (χ3v) is 14.0. The Balaban J connectivity index is 1.64. The summed E-state index contributed by atoms with van der Waals surface area (Å²) in [5.41, 5.74) is 11.5.